The van der Waals surface area contributed by atoms with Crippen molar-refractivity contribution >= 4 is 11.9 Å². The molecule has 0 bridgehead atoms. The zero-order chi connectivity index (χ0) is 45.4. The fourth-order valence-corrected chi connectivity index (χ4v) is 11.5. The number of hydrogen-bond donors (Lipinski definition) is 1. The van der Waals surface area contributed by atoms with E-state index >= 15 is 0 Å². The van der Waals surface area contributed by atoms with Crippen molar-refractivity contribution in [2.45, 2.75) is 104 Å². The number of likely N-dealkylation sites (tertiary alicyclic amines) is 2. The van der Waals surface area contributed by atoms with Crippen molar-refractivity contribution in [1.29, 1.82) is 0 Å². The van der Waals surface area contributed by atoms with Crippen LogP contribution in [0.4, 0.5) is 0 Å². The van der Waals surface area contributed by atoms with Crippen molar-refractivity contribution in [3.8, 4) is 23.0 Å². The predicted molar refractivity (Wildman–Crippen MR) is 253 cm³/mol. The van der Waals surface area contributed by atoms with E-state index in [1.807, 2.05) is 0 Å². The maximum Gasteiger partial charge on any atom is 1.00 e. The molecule has 354 valence electrons. The normalized spacial score (nSPS) is 19.2. The minimum Gasteiger partial charge on any atom is -0.870 e. The van der Waals surface area contributed by atoms with Gasteiger partial charge in [0.15, 0.2) is 0 Å². The standard InChI is InChI=1S/C28H35NO4.C27H33NO4.Na.H2O/c1-4-5-20-6-7-22(25(12-20)31-2)16-33-24-9-8-21-14-27(15-23(21)13-24)17-29(18-27)19-28(10-11-28)26(30)32-3;1-3-4-19-5-6-21(24(11-19)31-2)15-32-23-8-7-20-13-26(14-22(20)12-23)16-28(17-26)18-27(9-10-27)25(29)30;;/h6-9,12-13H,4-5,10-11,14-19H2,1-3H3;5-8,11-12H,3-4,9-10,13-18H2,1-2H3,(H,29,30);;1H2/q;;+1;/p-1. The van der Waals surface area contributed by atoms with Gasteiger partial charge in [-0.1, -0.05) is 63.1 Å². The van der Waals surface area contributed by atoms with E-state index in [1.165, 1.54) is 40.5 Å². The second-order valence-corrected chi connectivity index (χ2v) is 20.6. The Labute approximate surface area is 419 Å². The topological polar surface area (TPSA) is 137 Å². The number of aryl methyl sites for hydroxylation is 2. The van der Waals surface area contributed by atoms with Gasteiger partial charge in [0, 0.05) is 61.2 Å². The number of carbonyl (C=O) groups excluding carboxylic acids is 1. The van der Waals surface area contributed by atoms with E-state index < -0.39 is 11.4 Å². The first-order valence-electron chi connectivity index (χ1n) is 24.0. The molecule has 0 amide bonds. The van der Waals surface area contributed by atoms with Gasteiger partial charge in [0.1, 0.15) is 36.2 Å². The average molecular weight is 925 g/mol. The van der Waals surface area contributed by atoms with Gasteiger partial charge >= 0.3 is 41.5 Å². The van der Waals surface area contributed by atoms with E-state index in [9.17, 15) is 14.7 Å². The molecule has 2 saturated carbocycles. The maximum atomic E-state index is 12.1. The predicted octanol–water partition coefficient (Wildman–Crippen LogP) is 5.90. The molecule has 67 heavy (non-hydrogen) atoms. The molecule has 0 aromatic heterocycles. The molecule has 2 aliphatic heterocycles. The van der Waals surface area contributed by atoms with Crippen LogP contribution >= 0.6 is 0 Å². The molecule has 12 heteroatoms. The largest absolute Gasteiger partial charge is 1.00 e. The Hall–Kier alpha value is -4.10. The van der Waals surface area contributed by atoms with Crippen molar-refractivity contribution in [2.75, 3.05) is 60.6 Å². The van der Waals surface area contributed by atoms with E-state index in [0.717, 1.165) is 144 Å². The Morgan fingerprint density at radius 3 is 1.37 bits per heavy atom. The molecule has 4 aliphatic carbocycles. The molecule has 0 atom stereocenters. The molecular weight excluding hydrogens is 856 g/mol. The molecule has 10 rings (SSSR count). The van der Waals surface area contributed by atoms with Gasteiger partial charge in [-0.15, -0.1) is 0 Å². The number of aliphatic carboxylic acids is 1. The molecule has 0 unspecified atom stereocenters. The van der Waals surface area contributed by atoms with Gasteiger partial charge < -0.3 is 44.1 Å². The van der Waals surface area contributed by atoms with Crippen LogP contribution in [0.25, 0.3) is 0 Å². The van der Waals surface area contributed by atoms with Crippen LogP contribution in [0.1, 0.15) is 96.9 Å². The fourth-order valence-electron chi connectivity index (χ4n) is 11.5. The summed E-state index contributed by atoms with van der Waals surface area (Å²) in [6, 6.07) is 25.9. The van der Waals surface area contributed by atoms with Crippen molar-refractivity contribution in [1.82, 2.24) is 9.80 Å². The van der Waals surface area contributed by atoms with Crippen molar-refractivity contribution in [3.05, 3.63) is 117 Å². The van der Waals surface area contributed by atoms with E-state index in [-0.39, 0.29) is 51.8 Å². The summed E-state index contributed by atoms with van der Waals surface area (Å²) in [6.07, 6.45) is 12.3. The molecule has 4 fully saturated rings. The third-order valence-corrected chi connectivity index (χ3v) is 15.3. The number of esters is 1. The van der Waals surface area contributed by atoms with E-state index in [4.69, 9.17) is 23.7 Å². The number of carboxylic acids is 1. The van der Waals surface area contributed by atoms with Crippen molar-refractivity contribution in [2.24, 2.45) is 21.7 Å². The smallest absolute Gasteiger partial charge is 0.870 e. The summed E-state index contributed by atoms with van der Waals surface area (Å²) < 4.78 is 28.5. The Morgan fingerprint density at radius 1 is 0.582 bits per heavy atom. The summed E-state index contributed by atoms with van der Waals surface area (Å²) in [7, 11) is 4.94. The van der Waals surface area contributed by atoms with Crippen molar-refractivity contribution < 1.29 is 73.4 Å². The van der Waals surface area contributed by atoms with Crippen LogP contribution in [0.15, 0.2) is 72.8 Å². The van der Waals surface area contributed by atoms with Crippen LogP contribution in [-0.2, 0) is 66.1 Å². The summed E-state index contributed by atoms with van der Waals surface area (Å²) >= 11 is 0. The number of carbonyl (C=O) groups is 2. The zero-order valence-electron chi connectivity index (χ0n) is 40.7. The van der Waals surface area contributed by atoms with Gasteiger partial charge in [0.2, 0.25) is 0 Å². The summed E-state index contributed by atoms with van der Waals surface area (Å²) in [5.41, 5.74) is 10.3. The van der Waals surface area contributed by atoms with Gasteiger partial charge in [-0.25, -0.2) is 0 Å². The van der Waals surface area contributed by atoms with E-state index in [1.54, 1.807) is 14.2 Å². The fraction of sp³-hybridized carbons (Fsp3) is 0.527. The number of nitrogens with zero attached hydrogens (tertiary/aromatic N) is 2. The summed E-state index contributed by atoms with van der Waals surface area (Å²) in [5, 5.41) is 9.46. The monoisotopic (exact) mass is 924 g/mol. The van der Waals surface area contributed by atoms with Gasteiger partial charge in [0.05, 0.1) is 32.2 Å². The molecule has 4 aromatic rings. The number of rotatable bonds is 18. The Balaban J connectivity index is 0.000000193. The van der Waals surface area contributed by atoms with Crippen LogP contribution in [0.2, 0.25) is 0 Å². The first-order valence-corrected chi connectivity index (χ1v) is 24.0. The number of benzene rings is 4. The Kier molecular flexibility index (Phi) is 15.8. The molecule has 4 aromatic carbocycles. The minimum absolute atomic E-state index is 0. The average Bonchev–Trinajstić information content (AvgIpc) is 4.18. The second-order valence-electron chi connectivity index (χ2n) is 20.6. The van der Waals surface area contributed by atoms with Gasteiger partial charge in [-0.3, -0.25) is 9.59 Å². The van der Waals surface area contributed by atoms with Gasteiger partial charge in [-0.05, 0) is 134 Å². The third kappa shape index (κ3) is 11.0. The molecule has 6 aliphatic rings. The first-order chi connectivity index (χ1) is 31.4. The zero-order valence-corrected chi connectivity index (χ0v) is 42.7. The SMILES string of the molecule is CCCc1ccc(COc2ccc3c(c2)CC2(C3)CN(CC3(C(=O)O)CC3)C2)c(OC)c1.CCCc1ccc(COc2ccc3c(c2)CC2(C3)CN(CC3(C(=O)OC)CC3)C2)c(OC)c1.[Na+].[OH-]. The second kappa shape index (κ2) is 20.9. The van der Waals surface area contributed by atoms with Crippen LogP contribution in [-0.4, -0.2) is 92.9 Å². The van der Waals surface area contributed by atoms with Crippen LogP contribution in [0.5, 0.6) is 23.0 Å². The third-order valence-electron chi connectivity index (χ3n) is 15.3. The number of methoxy groups -OCH3 is 3. The molecule has 2 spiro atoms. The Bertz CT molecular complexity index is 2400. The van der Waals surface area contributed by atoms with Crippen LogP contribution in [0.3, 0.4) is 0 Å². The molecule has 11 nitrogen and oxygen atoms in total. The molecular formula is C55H69N2NaO9. The molecule has 2 saturated heterocycles. The molecule has 0 radical (unpaired) electrons. The summed E-state index contributed by atoms with van der Waals surface area (Å²) in [5.74, 6) is 2.96. The maximum absolute atomic E-state index is 12.1. The number of hydrogen-bond acceptors (Lipinski definition) is 10. The minimum atomic E-state index is -0.619. The molecule has 2 N–H and O–H groups in total. The number of carboxylic acid groups (broad SMARTS) is 1. The number of ether oxygens (including phenoxy) is 5. The Morgan fingerprint density at radius 2 is 1.00 bits per heavy atom. The first kappa shape index (κ1) is 50.8. The van der Waals surface area contributed by atoms with E-state index in [2.05, 4.69) is 96.4 Å². The summed E-state index contributed by atoms with van der Waals surface area (Å²) in [6.45, 7) is 11.1. The molecule has 2 heterocycles. The van der Waals surface area contributed by atoms with Crippen LogP contribution in [0, 0.1) is 21.7 Å². The van der Waals surface area contributed by atoms with Crippen molar-refractivity contribution in [3.63, 3.8) is 0 Å². The summed E-state index contributed by atoms with van der Waals surface area (Å²) in [4.78, 5) is 28.4. The quantitative estimate of drug-likeness (QED) is 0.0945. The van der Waals surface area contributed by atoms with Gasteiger partial charge in [0.25, 0.3) is 0 Å². The van der Waals surface area contributed by atoms with E-state index in [0.29, 0.717) is 25.2 Å². The van der Waals surface area contributed by atoms with Gasteiger partial charge in [-0.2, -0.15) is 0 Å². The number of fused-ring (bicyclic) bond motifs is 2. The van der Waals surface area contributed by atoms with Crippen LogP contribution < -0.4 is 48.5 Å².